The number of phenols is 1. The van der Waals surface area contributed by atoms with E-state index in [1.54, 1.807) is 0 Å². The molecule has 1 fully saturated rings. The Labute approximate surface area is 194 Å². The van der Waals surface area contributed by atoms with E-state index in [4.69, 9.17) is 23.8 Å². The first-order valence-corrected chi connectivity index (χ1v) is 10.2. The number of allylic oxidation sites excluding steroid dienone is 2. The molecule has 2 aromatic rings. The van der Waals surface area contributed by atoms with Gasteiger partial charge in [0.1, 0.15) is 5.75 Å². The fourth-order valence-electron chi connectivity index (χ4n) is 2.46. The lowest BCUT2D eigenvalue weighted by molar-refractivity contribution is -0.385. The molecule has 1 heterocycles. The van der Waals surface area contributed by atoms with Gasteiger partial charge in [0.15, 0.2) is 4.32 Å². The van der Waals surface area contributed by atoms with Gasteiger partial charge >= 0.3 is 0 Å². The van der Waals surface area contributed by atoms with Crippen LogP contribution < -0.4 is 0 Å². The van der Waals surface area contributed by atoms with Crippen LogP contribution in [0.2, 0.25) is 0 Å². The normalized spacial score (nSPS) is 15.7. The molecule has 0 atom stereocenters. The highest BCUT2D eigenvalue weighted by Crippen LogP contribution is 2.33. The van der Waals surface area contributed by atoms with Gasteiger partial charge in [-0.15, -0.1) is 0 Å². The van der Waals surface area contributed by atoms with Crippen LogP contribution in [0.1, 0.15) is 11.1 Å². The van der Waals surface area contributed by atoms with Crippen LogP contribution in [0, 0.1) is 20.2 Å². The van der Waals surface area contributed by atoms with E-state index in [-0.39, 0.29) is 36.9 Å². The minimum absolute atomic E-state index is 0.0355. The molecule has 13 heteroatoms. The molecular weight excluding hydrogens is 480 g/mol. The summed E-state index contributed by atoms with van der Waals surface area (Å²) in [6.45, 7) is 0. The van der Waals surface area contributed by atoms with Gasteiger partial charge in [0.05, 0.1) is 21.0 Å². The van der Waals surface area contributed by atoms with Crippen LogP contribution in [0.15, 0.2) is 63.6 Å². The number of phenolic OH excluding ortho intramolecular Hbond substituents is 1. The average molecular weight is 491 g/mol. The molecule has 10 nitrogen and oxygen atoms in total. The molecule has 0 radical (unpaired) electrons. The maximum absolute atomic E-state index is 12.6. The third kappa shape index (κ3) is 5.35. The molecule has 1 aliphatic rings. The summed E-state index contributed by atoms with van der Waals surface area (Å²) in [5, 5.41) is 36.5. The molecular formula is C19H11ClN4O6S2. The molecule has 0 aromatic heterocycles. The van der Waals surface area contributed by atoms with Gasteiger partial charge < -0.3 is 5.11 Å². The smallest absolute Gasteiger partial charge is 0.286 e. The zero-order valence-electron chi connectivity index (χ0n) is 15.7. The van der Waals surface area contributed by atoms with Crippen LogP contribution in [0.4, 0.5) is 11.4 Å². The minimum Gasteiger partial charge on any atom is -0.507 e. The zero-order valence-corrected chi connectivity index (χ0v) is 18.1. The van der Waals surface area contributed by atoms with Crippen molar-refractivity contribution in [3.05, 3.63) is 89.8 Å². The molecule has 0 saturated carbocycles. The number of nitro benzene ring substituents is 2. The first-order valence-electron chi connectivity index (χ1n) is 8.56. The molecule has 32 heavy (non-hydrogen) atoms. The summed E-state index contributed by atoms with van der Waals surface area (Å²) in [6, 6.07) is 9.06. The van der Waals surface area contributed by atoms with Crippen molar-refractivity contribution in [3.63, 3.8) is 0 Å². The van der Waals surface area contributed by atoms with Gasteiger partial charge in [-0.3, -0.25) is 25.0 Å². The summed E-state index contributed by atoms with van der Waals surface area (Å²) in [5.74, 6) is -0.828. The van der Waals surface area contributed by atoms with Crippen molar-refractivity contribution < 1.29 is 19.7 Å². The Morgan fingerprint density at radius 3 is 2.38 bits per heavy atom. The lowest BCUT2D eigenvalue weighted by atomic mass is 10.2. The number of rotatable bonds is 6. The fraction of sp³-hybridized carbons (Fsp3) is 0. The number of hydrogen-bond acceptors (Lipinski definition) is 9. The van der Waals surface area contributed by atoms with Crippen LogP contribution >= 0.6 is 35.6 Å². The van der Waals surface area contributed by atoms with Crippen LogP contribution in [0.25, 0.3) is 6.08 Å². The summed E-state index contributed by atoms with van der Waals surface area (Å²) in [7, 11) is 0. The number of hydrogen-bond donors (Lipinski definition) is 1. The van der Waals surface area contributed by atoms with E-state index < -0.39 is 15.8 Å². The van der Waals surface area contributed by atoms with Gasteiger partial charge in [0.2, 0.25) is 0 Å². The second-order valence-corrected chi connectivity index (χ2v) is 8.23. The summed E-state index contributed by atoms with van der Waals surface area (Å²) in [5.41, 5.74) is 0.310. The second kappa shape index (κ2) is 9.68. The van der Waals surface area contributed by atoms with Gasteiger partial charge in [-0.05, 0) is 48.1 Å². The minimum atomic E-state index is -0.627. The van der Waals surface area contributed by atoms with Gasteiger partial charge in [0.25, 0.3) is 17.3 Å². The lowest BCUT2D eigenvalue weighted by Gasteiger charge is -2.06. The maximum atomic E-state index is 12.6. The number of halogens is 1. The Morgan fingerprint density at radius 2 is 1.75 bits per heavy atom. The fourth-order valence-corrected chi connectivity index (χ4v) is 3.92. The zero-order chi connectivity index (χ0) is 23.4. The number of thioether (sulfide) groups is 1. The molecule has 0 unspecified atom stereocenters. The number of thiocarbonyl (C=S) groups is 1. The van der Waals surface area contributed by atoms with Crippen LogP contribution in [-0.4, -0.2) is 36.4 Å². The highest BCUT2D eigenvalue weighted by atomic mass is 35.5. The Morgan fingerprint density at radius 1 is 1.12 bits per heavy atom. The number of benzene rings is 2. The Kier molecular flexibility index (Phi) is 6.98. The molecule has 3 rings (SSSR count). The molecule has 0 spiro atoms. The largest absolute Gasteiger partial charge is 0.507 e. The first-order chi connectivity index (χ1) is 15.2. The van der Waals surface area contributed by atoms with E-state index >= 15 is 0 Å². The van der Waals surface area contributed by atoms with E-state index in [1.165, 1.54) is 36.4 Å². The van der Waals surface area contributed by atoms with Gasteiger partial charge in [0, 0.05) is 34.9 Å². The van der Waals surface area contributed by atoms with Crippen molar-refractivity contribution in [2.24, 2.45) is 5.10 Å². The predicted octanol–water partition coefficient (Wildman–Crippen LogP) is 4.57. The van der Waals surface area contributed by atoms with Crippen LogP contribution in [0.5, 0.6) is 5.75 Å². The van der Waals surface area contributed by atoms with E-state index in [9.17, 15) is 30.1 Å². The number of non-ortho nitro benzene ring substituents is 2. The quantitative estimate of drug-likeness (QED) is 0.204. The van der Waals surface area contributed by atoms with E-state index in [1.807, 2.05) is 0 Å². The highest BCUT2D eigenvalue weighted by molar-refractivity contribution is 8.26. The average Bonchev–Trinajstić information content (AvgIpc) is 3.00. The van der Waals surface area contributed by atoms with Gasteiger partial charge in [-0.25, -0.2) is 0 Å². The number of aromatic hydroxyl groups is 1. The topological polar surface area (TPSA) is 139 Å². The van der Waals surface area contributed by atoms with E-state index in [0.29, 0.717) is 5.56 Å². The number of amides is 1. The number of nitro groups is 2. The van der Waals surface area contributed by atoms with Gasteiger partial charge in [-0.2, -0.15) is 10.1 Å². The van der Waals surface area contributed by atoms with Crippen molar-refractivity contribution in [1.29, 1.82) is 0 Å². The van der Waals surface area contributed by atoms with E-state index in [2.05, 4.69) is 5.10 Å². The Hall–Kier alpha value is -3.61. The lowest BCUT2D eigenvalue weighted by Crippen LogP contribution is -2.22. The SMILES string of the molecule is O=C1/C(=C/C(Cl)=C/c2ccc([N+](=O)[O-])cc2)SC(=S)N1/N=C/c1cc([N+](=O)[O-])ccc1O. The molecule has 1 aliphatic heterocycles. The standard InChI is InChI=1S/C19H11ClN4O6S2/c20-13(7-11-1-3-14(4-2-11)23(27)28)9-17-18(26)22(19(31)32-17)21-10-12-8-15(24(29)30)5-6-16(12)25/h1-10,25H/b13-7-,17-9-,21-10+. The Bertz CT molecular complexity index is 1230. The van der Waals surface area contributed by atoms with Crippen LogP contribution in [-0.2, 0) is 4.79 Å². The molecule has 0 bridgehead atoms. The summed E-state index contributed by atoms with van der Waals surface area (Å²) < 4.78 is 0.0993. The van der Waals surface area contributed by atoms with Crippen molar-refractivity contribution in [2.45, 2.75) is 0 Å². The predicted molar refractivity (Wildman–Crippen MR) is 124 cm³/mol. The summed E-state index contributed by atoms with van der Waals surface area (Å²) in [4.78, 5) is 33.2. The van der Waals surface area contributed by atoms with E-state index in [0.717, 1.165) is 41.2 Å². The molecule has 2 aromatic carbocycles. The number of nitrogens with zero attached hydrogens (tertiary/aromatic N) is 4. The first kappa shape index (κ1) is 23.1. The maximum Gasteiger partial charge on any atom is 0.286 e. The van der Waals surface area contributed by atoms with Crippen molar-refractivity contribution in [3.8, 4) is 5.75 Å². The van der Waals surface area contributed by atoms with Gasteiger partial charge in [-0.1, -0.05) is 23.4 Å². The highest BCUT2D eigenvalue weighted by Gasteiger charge is 2.32. The molecule has 0 aliphatic carbocycles. The second-order valence-electron chi connectivity index (χ2n) is 6.12. The summed E-state index contributed by atoms with van der Waals surface area (Å²) in [6.07, 6.45) is 3.98. The van der Waals surface area contributed by atoms with Crippen molar-refractivity contribution in [1.82, 2.24) is 5.01 Å². The Balaban J connectivity index is 1.78. The van der Waals surface area contributed by atoms with Crippen molar-refractivity contribution in [2.75, 3.05) is 0 Å². The molecule has 1 N–H and O–H groups in total. The molecule has 1 amide bonds. The van der Waals surface area contributed by atoms with Crippen molar-refractivity contribution >= 4 is 69.5 Å². The monoisotopic (exact) mass is 490 g/mol. The summed E-state index contributed by atoms with van der Waals surface area (Å²) >= 11 is 12.3. The third-order valence-electron chi connectivity index (χ3n) is 3.99. The number of carbonyl (C=O) groups is 1. The number of hydrazone groups is 1. The van der Waals surface area contributed by atoms with Crippen LogP contribution in [0.3, 0.4) is 0 Å². The third-order valence-corrected chi connectivity index (χ3v) is 5.49. The molecule has 1 saturated heterocycles. The number of carbonyl (C=O) groups excluding carboxylic acids is 1. The molecule has 162 valence electrons.